The highest BCUT2D eigenvalue weighted by Gasteiger charge is 2.02. The first-order chi connectivity index (χ1) is 9.84. The summed E-state index contributed by atoms with van der Waals surface area (Å²) in [5, 5.41) is 4.60. The number of para-hydroxylation sites is 2. The fraction of sp³-hybridized carbons (Fsp3) is 0.118. The second-order valence-corrected chi connectivity index (χ2v) is 4.79. The van der Waals surface area contributed by atoms with E-state index in [-0.39, 0.29) is 0 Å². The number of nitrogens with two attached hydrogens (primary N) is 1. The van der Waals surface area contributed by atoms with Gasteiger partial charge < -0.3 is 11.1 Å². The number of fused-ring (bicyclic) bond motifs is 1. The largest absolute Gasteiger partial charge is 0.398 e. The van der Waals surface area contributed by atoms with E-state index in [2.05, 4.69) is 34.6 Å². The minimum atomic E-state index is 0.760. The number of nitrogens with one attached hydrogen (secondary N) is 1. The van der Waals surface area contributed by atoms with Crippen molar-refractivity contribution in [3.05, 3.63) is 71.9 Å². The first kappa shape index (κ1) is 12.6. The second-order valence-electron chi connectivity index (χ2n) is 4.79. The summed E-state index contributed by atoms with van der Waals surface area (Å²) in [7, 11) is 0. The van der Waals surface area contributed by atoms with E-state index in [1.54, 1.807) is 0 Å². The zero-order chi connectivity index (χ0) is 13.8. The fourth-order valence-corrected chi connectivity index (χ4v) is 2.34. The molecule has 3 N–H and O–H groups in total. The van der Waals surface area contributed by atoms with Crippen LogP contribution in [-0.4, -0.2) is 4.98 Å². The highest BCUT2D eigenvalue weighted by atomic mass is 14.9. The van der Waals surface area contributed by atoms with E-state index in [0.717, 1.165) is 29.9 Å². The lowest BCUT2D eigenvalue weighted by atomic mass is 10.1. The first-order valence-electron chi connectivity index (χ1n) is 6.71. The predicted molar refractivity (Wildman–Crippen MR) is 83.1 cm³/mol. The van der Waals surface area contributed by atoms with Crippen molar-refractivity contribution in [1.29, 1.82) is 0 Å². The minimum Gasteiger partial charge on any atom is -0.398 e. The van der Waals surface area contributed by atoms with Gasteiger partial charge in [0, 0.05) is 30.4 Å². The molecule has 3 heteroatoms. The van der Waals surface area contributed by atoms with Crippen molar-refractivity contribution in [2.45, 2.75) is 13.1 Å². The summed E-state index contributed by atoms with van der Waals surface area (Å²) in [5.74, 6) is 0. The Kier molecular flexibility index (Phi) is 3.61. The standard InChI is InChI=1S/C17H17N3/c18-16-9-2-1-5-14(16)11-19-12-15-7-3-6-13-8-4-10-20-17(13)15/h1-10,19H,11-12,18H2. The third kappa shape index (κ3) is 2.63. The van der Waals surface area contributed by atoms with Crippen LogP contribution < -0.4 is 11.1 Å². The molecule has 0 saturated carbocycles. The normalized spacial score (nSPS) is 10.8. The highest BCUT2D eigenvalue weighted by molar-refractivity contribution is 5.81. The zero-order valence-electron chi connectivity index (χ0n) is 11.2. The van der Waals surface area contributed by atoms with Crippen LogP contribution in [0.5, 0.6) is 0 Å². The van der Waals surface area contributed by atoms with Gasteiger partial charge in [-0.25, -0.2) is 0 Å². The lowest BCUT2D eigenvalue weighted by Gasteiger charge is -2.09. The number of rotatable bonds is 4. The molecule has 3 aromatic rings. The van der Waals surface area contributed by atoms with Crippen LogP contribution in [0.2, 0.25) is 0 Å². The molecule has 0 aliphatic rings. The number of nitrogens with zero attached hydrogens (tertiary/aromatic N) is 1. The van der Waals surface area contributed by atoms with Gasteiger partial charge in [-0.05, 0) is 23.3 Å². The van der Waals surface area contributed by atoms with Crippen molar-refractivity contribution in [2.75, 3.05) is 5.73 Å². The van der Waals surface area contributed by atoms with Gasteiger partial charge in [0.1, 0.15) is 0 Å². The number of aromatic nitrogens is 1. The van der Waals surface area contributed by atoms with Gasteiger partial charge >= 0.3 is 0 Å². The van der Waals surface area contributed by atoms with Gasteiger partial charge in [0.2, 0.25) is 0 Å². The molecule has 0 spiro atoms. The summed E-state index contributed by atoms with van der Waals surface area (Å²) >= 11 is 0. The maximum Gasteiger partial charge on any atom is 0.0746 e. The molecule has 3 rings (SSSR count). The summed E-state index contributed by atoms with van der Waals surface area (Å²) in [6.45, 7) is 1.54. The summed E-state index contributed by atoms with van der Waals surface area (Å²) in [6, 6.07) is 18.2. The number of benzene rings is 2. The van der Waals surface area contributed by atoms with Crippen molar-refractivity contribution in [1.82, 2.24) is 10.3 Å². The molecule has 0 atom stereocenters. The van der Waals surface area contributed by atoms with Crippen molar-refractivity contribution in [3.63, 3.8) is 0 Å². The number of hydrogen-bond acceptors (Lipinski definition) is 3. The summed E-state index contributed by atoms with van der Waals surface area (Å²) in [4.78, 5) is 4.46. The van der Waals surface area contributed by atoms with Crippen LogP contribution in [0.4, 0.5) is 5.69 Å². The fourth-order valence-electron chi connectivity index (χ4n) is 2.34. The van der Waals surface area contributed by atoms with Crippen molar-refractivity contribution in [2.24, 2.45) is 0 Å². The Balaban J connectivity index is 1.73. The van der Waals surface area contributed by atoms with Crippen molar-refractivity contribution < 1.29 is 0 Å². The van der Waals surface area contributed by atoms with Gasteiger partial charge in [-0.2, -0.15) is 0 Å². The number of pyridine rings is 1. The number of nitrogen functional groups attached to an aromatic ring is 1. The molecule has 0 aliphatic heterocycles. The Morgan fingerprint density at radius 1 is 0.850 bits per heavy atom. The molecule has 0 saturated heterocycles. The molecule has 1 heterocycles. The monoisotopic (exact) mass is 263 g/mol. The molecule has 0 aliphatic carbocycles. The van der Waals surface area contributed by atoms with Crippen LogP contribution in [-0.2, 0) is 13.1 Å². The van der Waals surface area contributed by atoms with E-state index < -0.39 is 0 Å². The van der Waals surface area contributed by atoms with E-state index in [9.17, 15) is 0 Å². The molecule has 0 bridgehead atoms. The third-order valence-corrected chi connectivity index (χ3v) is 3.40. The molecule has 0 fully saturated rings. The highest BCUT2D eigenvalue weighted by Crippen LogP contribution is 2.16. The molecule has 0 radical (unpaired) electrons. The molecular formula is C17H17N3. The van der Waals surface area contributed by atoms with E-state index in [1.165, 1.54) is 10.9 Å². The second kappa shape index (κ2) is 5.72. The molecule has 100 valence electrons. The van der Waals surface area contributed by atoms with Crippen LogP contribution in [0.25, 0.3) is 10.9 Å². The van der Waals surface area contributed by atoms with Crippen LogP contribution in [0.3, 0.4) is 0 Å². The van der Waals surface area contributed by atoms with Gasteiger partial charge in [0.25, 0.3) is 0 Å². The van der Waals surface area contributed by atoms with E-state index in [0.29, 0.717) is 0 Å². The first-order valence-corrected chi connectivity index (χ1v) is 6.71. The van der Waals surface area contributed by atoms with E-state index in [1.807, 2.05) is 36.5 Å². The molecule has 3 nitrogen and oxygen atoms in total. The lowest BCUT2D eigenvalue weighted by molar-refractivity contribution is 0.697. The molecule has 0 amide bonds. The SMILES string of the molecule is Nc1ccccc1CNCc1cccc2cccnc12. The molecule has 0 unspecified atom stereocenters. The Morgan fingerprint density at radius 3 is 2.50 bits per heavy atom. The maximum atomic E-state index is 5.94. The van der Waals surface area contributed by atoms with Gasteiger partial charge in [0.15, 0.2) is 0 Å². The van der Waals surface area contributed by atoms with Crippen LogP contribution in [0.15, 0.2) is 60.8 Å². The Labute approximate surface area is 118 Å². The van der Waals surface area contributed by atoms with Gasteiger partial charge in [-0.15, -0.1) is 0 Å². The average molecular weight is 263 g/mol. The molecule has 1 aromatic heterocycles. The van der Waals surface area contributed by atoms with E-state index in [4.69, 9.17) is 5.73 Å². The van der Waals surface area contributed by atoms with Crippen molar-refractivity contribution >= 4 is 16.6 Å². The Bertz CT molecular complexity index is 717. The number of hydrogen-bond donors (Lipinski definition) is 2. The van der Waals surface area contributed by atoms with Crippen LogP contribution in [0, 0.1) is 0 Å². The average Bonchev–Trinajstić information content (AvgIpc) is 2.49. The summed E-state index contributed by atoms with van der Waals surface area (Å²) < 4.78 is 0. The van der Waals surface area contributed by atoms with Crippen molar-refractivity contribution in [3.8, 4) is 0 Å². The number of anilines is 1. The van der Waals surface area contributed by atoms with Crippen LogP contribution >= 0.6 is 0 Å². The lowest BCUT2D eigenvalue weighted by Crippen LogP contribution is -2.14. The third-order valence-electron chi connectivity index (χ3n) is 3.40. The molecule has 2 aromatic carbocycles. The minimum absolute atomic E-state index is 0.760. The summed E-state index contributed by atoms with van der Waals surface area (Å²) in [5.41, 5.74) is 10.2. The van der Waals surface area contributed by atoms with Gasteiger partial charge in [-0.1, -0.05) is 42.5 Å². The van der Waals surface area contributed by atoms with Gasteiger partial charge in [-0.3, -0.25) is 4.98 Å². The predicted octanol–water partition coefficient (Wildman–Crippen LogP) is 3.11. The quantitative estimate of drug-likeness (QED) is 0.711. The van der Waals surface area contributed by atoms with Crippen LogP contribution in [0.1, 0.15) is 11.1 Å². The summed E-state index contributed by atoms with van der Waals surface area (Å²) in [6.07, 6.45) is 1.83. The zero-order valence-corrected chi connectivity index (χ0v) is 11.2. The topological polar surface area (TPSA) is 50.9 Å². The Morgan fingerprint density at radius 2 is 1.60 bits per heavy atom. The van der Waals surface area contributed by atoms with E-state index >= 15 is 0 Å². The Hall–Kier alpha value is -2.39. The molecule has 20 heavy (non-hydrogen) atoms. The van der Waals surface area contributed by atoms with Gasteiger partial charge in [0.05, 0.1) is 5.52 Å². The molecular weight excluding hydrogens is 246 g/mol. The smallest absolute Gasteiger partial charge is 0.0746 e. The maximum absolute atomic E-state index is 5.94.